The van der Waals surface area contributed by atoms with Crippen LogP contribution < -0.4 is 14.8 Å². The largest absolute Gasteiger partial charge is 0.480 e. The van der Waals surface area contributed by atoms with Gasteiger partial charge in [-0.1, -0.05) is 26.0 Å². The molecule has 0 aliphatic rings. The van der Waals surface area contributed by atoms with Gasteiger partial charge in [-0.25, -0.2) is 4.98 Å². The van der Waals surface area contributed by atoms with Gasteiger partial charge in [-0.15, -0.1) is 0 Å². The van der Waals surface area contributed by atoms with Gasteiger partial charge in [0.15, 0.2) is 0 Å². The van der Waals surface area contributed by atoms with Crippen LogP contribution in [0, 0.1) is 0 Å². The van der Waals surface area contributed by atoms with Gasteiger partial charge in [0, 0.05) is 23.6 Å². The number of ether oxygens (including phenoxy) is 2. The zero-order valence-electron chi connectivity index (χ0n) is 15.4. The smallest absolute Gasteiger partial charge is 0.319 e. The molecule has 0 fully saturated rings. The lowest BCUT2D eigenvalue weighted by atomic mass is 10.0. The predicted molar refractivity (Wildman–Crippen MR) is 102 cm³/mol. The van der Waals surface area contributed by atoms with Gasteiger partial charge in [0.1, 0.15) is 0 Å². The molecule has 6 nitrogen and oxygen atoms in total. The first kappa shape index (κ1) is 17.7. The maximum absolute atomic E-state index is 5.36. The Hall–Kier alpha value is -3.15. The third kappa shape index (κ3) is 3.91. The van der Waals surface area contributed by atoms with Crippen molar-refractivity contribution < 1.29 is 9.47 Å². The highest BCUT2D eigenvalue weighted by atomic mass is 16.5. The number of aromatic nitrogens is 3. The number of benzene rings is 1. The minimum absolute atomic E-state index is 0.262. The van der Waals surface area contributed by atoms with Gasteiger partial charge >= 0.3 is 6.01 Å². The predicted octanol–water partition coefficient (Wildman–Crippen LogP) is 4.42. The van der Waals surface area contributed by atoms with Crippen LogP contribution in [0.5, 0.6) is 11.9 Å². The molecule has 2 heterocycles. The molecule has 134 valence electrons. The van der Waals surface area contributed by atoms with Crippen molar-refractivity contribution in [3.63, 3.8) is 0 Å². The summed E-state index contributed by atoms with van der Waals surface area (Å²) in [7, 11) is 3.09. The maximum Gasteiger partial charge on any atom is 0.319 e. The first-order valence-corrected chi connectivity index (χ1v) is 8.38. The summed E-state index contributed by atoms with van der Waals surface area (Å²) in [5.41, 5.74) is 4.79. The number of pyridine rings is 1. The summed E-state index contributed by atoms with van der Waals surface area (Å²) < 4.78 is 10.4. The fraction of sp³-hybridized carbons (Fsp3) is 0.250. The Labute approximate surface area is 153 Å². The number of nitrogens with one attached hydrogen (secondary N) is 1. The summed E-state index contributed by atoms with van der Waals surface area (Å²) in [6.45, 7) is 4.36. The van der Waals surface area contributed by atoms with E-state index in [1.165, 1.54) is 12.7 Å². The molecular formula is C20H22N4O2. The van der Waals surface area contributed by atoms with E-state index in [1.807, 2.05) is 6.07 Å². The molecule has 2 aromatic heterocycles. The first-order valence-electron chi connectivity index (χ1n) is 8.38. The molecule has 0 amide bonds. The Morgan fingerprint density at radius 3 is 2.35 bits per heavy atom. The van der Waals surface area contributed by atoms with Crippen molar-refractivity contribution in [3.05, 3.63) is 54.5 Å². The van der Waals surface area contributed by atoms with Gasteiger partial charge in [-0.2, -0.15) is 4.98 Å². The van der Waals surface area contributed by atoms with Gasteiger partial charge in [0.2, 0.25) is 5.88 Å². The van der Waals surface area contributed by atoms with Crippen molar-refractivity contribution in [2.75, 3.05) is 19.5 Å². The van der Waals surface area contributed by atoms with Crippen LogP contribution in [0.3, 0.4) is 0 Å². The van der Waals surface area contributed by atoms with Crippen molar-refractivity contribution in [1.29, 1.82) is 0 Å². The minimum Gasteiger partial charge on any atom is -0.480 e. The van der Waals surface area contributed by atoms with Crippen LogP contribution in [-0.4, -0.2) is 29.2 Å². The van der Waals surface area contributed by atoms with E-state index in [0.29, 0.717) is 11.8 Å². The van der Waals surface area contributed by atoms with Crippen molar-refractivity contribution >= 4 is 11.4 Å². The van der Waals surface area contributed by atoms with Crippen LogP contribution in [0.4, 0.5) is 11.4 Å². The van der Waals surface area contributed by atoms with Crippen LogP contribution >= 0.6 is 0 Å². The van der Waals surface area contributed by atoms with Crippen LogP contribution in [0.1, 0.15) is 25.3 Å². The summed E-state index contributed by atoms with van der Waals surface area (Å²) in [4.78, 5) is 12.7. The van der Waals surface area contributed by atoms with E-state index in [-0.39, 0.29) is 6.01 Å². The molecule has 26 heavy (non-hydrogen) atoms. The Morgan fingerprint density at radius 1 is 0.923 bits per heavy atom. The number of anilines is 2. The van der Waals surface area contributed by atoms with E-state index in [4.69, 9.17) is 9.47 Å². The van der Waals surface area contributed by atoms with Gasteiger partial charge in [0.05, 0.1) is 31.7 Å². The summed E-state index contributed by atoms with van der Waals surface area (Å²) >= 11 is 0. The highest BCUT2D eigenvalue weighted by molar-refractivity contribution is 5.72. The molecular weight excluding hydrogens is 328 g/mol. The molecule has 3 rings (SSSR count). The highest BCUT2D eigenvalue weighted by Gasteiger charge is 2.11. The topological polar surface area (TPSA) is 69.2 Å². The molecule has 1 N–H and O–H groups in total. The van der Waals surface area contributed by atoms with E-state index in [0.717, 1.165) is 22.5 Å². The molecule has 0 saturated carbocycles. The maximum atomic E-state index is 5.36. The van der Waals surface area contributed by atoms with Crippen LogP contribution in [-0.2, 0) is 0 Å². The first-order chi connectivity index (χ1) is 12.6. The molecule has 0 aliphatic heterocycles. The average Bonchev–Trinajstić information content (AvgIpc) is 2.68. The average molecular weight is 350 g/mol. The lowest BCUT2D eigenvalue weighted by Crippen LogP contribution is -1.98. The summed E-state index contributed by atoms with van der Waals surface area (Å²) in [6.07, 6.45) is 5.19. The van der Waals surface area contributed by atoms with Crippen molar-refractivity contribution in [1.82, 2.24) is 15.0 Å². The van der Waals surface area contributed by atoms with E-state index >= 15 is 0 Å². The number of hydrogen-bond donors (Lipinski definition) is 1. The van der Waals surface area contributed by atoms with Crippen LogP contribution in [0.25, 0.3) is 11.1 Å². The second-order valence-electron chi connectivity index (χ2n) is 6.14. The van der Waals surface area contributed by atoms with E-state index < -0.39 is 0 Å². The number of hydrogen-bond acceptors (Lipinski definition) is 6. The molecule has 0 aliphatic carbocycles. The normalized spacial score (nSPS) is 10.7. The standard InChI is InChI=1S/C20H22N4O2/c1-13(2)14-5-7-16(8-6-14)23-17-9-15(10-21-11-17)18-12-22-20(26-4)24-19(18)25-3/h5-13,23H,1-4H3. The van der Waals surface area contributed by atoms with Crippen molar-refractivity contribution in [2.24, 2.45) is 0 Å². The molecule has 0 spiro atoms. The van der Waals surface area contributed by atoms with Crippen molar-refractivity contribution in [3.8, 4) is 23.0 Å². The molecule has 0 saturated heterocycles. The SMILES string of the molecule is COc1ncc(-c2cncc(Nc3ccc(C(C)C)cc3)c2)c(OC)n1. The van der Waals surface area contributed by atoms with E-state index in [1.54, 1.807) is 25.7 Å². The van der Waals surface area contributed by atoms with E-state index in [2.05, 4.69) is 58.4 Å². The highest BCUT2D eigenvalue weighted by Crippen LogP contribution is 2.30. The summed E-state index contributed by atoms with van der Waals surface area (Å²) in [6, 6.07) is 10.6. The molecule has 3 aromatic rings. The second kappa shape index (κ2) is 7.82. The summed E-state index contributed by atoms with van der Waals surface area (Å²) in [5, 5.41) is 3.37. The van der Waals surface area contributed by atoms with Crippen LogP contribution in [0.2, 0.25) is 0 Å². The molecule has 1 aromatic carbocycles. The van der Waals surface area contributed by atoms with Gasteiger partial charge in [-0.05, 0) is 29.7 Å². The summed E-state index contributed by atoms with van der Waals surface area (Å²) in [5.74, 6) is 0.952. The Balaban J connectivity index is 1.86. The molecule has 0 atom stereocenters. The second-order valence-corrected chi connectivity index (χ2v) is 6.14. The minimum atomic E-state index is 0.262. The number of nitrogens with zero attached hydrogens (tertiary/aromatic N) is 3. The van der Waals surface area contributed by atoms with Gasteiger partial charge < -0.3 is 14.8 Å². The zero-order chi connectivity index (χ0) is 18.5. The van der Waals surface area contributed by atoms with E-state index in [9.17, 15) is 0 Å². The fourth-order valence-corrected chi connectivity index (χ4v) is 2.58. The Morgan fingerprint density at radius 2 is 1.69 bits per heavy atom. The van der Waals surface area contributed by atoms with Crippen molar-refractivity contribution in [2.45, 2.75) is 19.8 Å². The molecule has 0 unspecified atom stereocenters. The monoisotopic (exact) mass is 350 g/mol. The zero-order valence-corrected chi connectivity index (χ0v) is 15.4. The Bertz CT molecular complexity index is 879. The third-order valence-electron chi connectivity index (χ3n) is 4.02. The molecule has 6 heteroatoms. The van der Waals surface area contributed by atoms with Crippen LogP contribution in [0.15, 0.2) is 48.9 Å². The quantitative estimate of drug-likeness (QED) is 0.709. The number of methoxy groups -OCH3 is 2. The Kier molecular flexibility index (Phi) is 5.31. The lowest BCUT2D eigenvalue weighted by Gasteiger charge is -2.11. The van der Waals surface area contributed by atoms with Gasteiger partial charge in [-0.3, -0.25) is 4.98 Å². The third-order valence-corrected chi connectivity index (χ3v) is 4.02. The number of rotatable bonds is 6. The van der Waals surface area contributed by atoms with Gasteiger partial charge in [0.25, 0.3) is 0 Å². The molecule has 0 radical (unpaired) electrons. The fourth-order valence-electron chi connectivity index (χ4n) is 2.58. The molecule has 0 bridgehead atoms. The lowest BCUT2D eigenvalue weighted by molar-refractivity contribution is 0.353.